The van der Waals surface area contributed by atoms with Crippen LogP contribution in [0.15, 0.2) is 22.7 Å². The van der Waals surface area contributed by atoms with Crippen molar-refractivity contribution in [2.24, 2.45) is 0 Å². The van der Waals surface area contributed by atoms with E-state index < -0.39 is 0 Å². The van der Waals surface area contributed by atoms with E-state index in [4.69, 9.17) is 16.3 Å². The maximum atomic E-state index is 6.22. The first-order valence-corrected chi connectivity index (χ1v) is 6.93. The van der Waals surface area contributed by atoms with E-state index in [1.165, 1.54) is 0 Å². The molecule has 2 atom stereocenters. The maximum Gasteiger partial charge on any atom is 0.0724 e. The Labute approximate surface area is 117 Å². The summed E-state index contributed by atoms with van der Waals surface area (Å²) in [4.78, 5) is 0. The molecule has 2 nitrogen and oxygen atoms in total. The molecule has 2 unspecified atom stereocenters. The third kappa shape index (κ3) is 4.25. The highest BCUT2D eigenvalue weighted by molar-refractivity contribution is 9.10. The lowest BCUT2D eigenvalue weighted by molar-refractivity contribution is 0.0678. The van der Waals surface area contributed by atoms with E-state index in [0.717, 1.165) is 27.9 Å². The van der Waals surface area contributed by atoms with Gasteiger partial charge in [0.15, 0.2) is 0 Å². The number of likely N-dealkylation sites (N-methyl/N-ethyl adjacent to an activating group) is 1. The van der Waals surface area contributed by atoms with Crippen LogP contribution in [0.25, 0.3) is 0 Å². The van der Waals surface area contributed by atoms with Crippen molar-refractivity contribution in [1.82, 2.24) is 5.32 Å². The number of rotatable bonds is 6. The van der Waals surface area contributed by atoms with Gasteiger partial charge in [-0.3, -0.25) is 0 Å². The van der Waals surface area contributed by atoms with Gasteiger partial charge in [0.1, 0.15) is 0 Å². The molecule has 0 fully saturated rings. The molecule has 0 bridgehead atoms. The Morgan fingerprint density at radius 1 is 1.47 bits per heavy atom. The lowest BCUT2D eigenvalue weighted by Crippen LogP contribution is -2.40. The van der Waals surface area contributed by atoms with Crippen LogP contribution in [0.3, 0.4) is 0 Å². The number of methoxy groups -OCH3 is 1. The van der Waals surface area contributed by atoms with Crippen LogP contribution in [0.5, 0.6) is 0 Å². The first-order chi connectivity index (χ1) is 8.12. The first kappa shape index (κ1) is 15.0. The van der Waals surface area contributed by atoms with Crippen molar-refractivity contribution in [3.8, 4) is 0 Å². The van der Waals surface area contributed by atoms with Crippen molar-refractivity contribution in [2.75, 3.05) is 14.2 Å². The van der Waals surface area contributed by atoms with Crippen LogP contribution in [-0.2, 0) is 11.2 Å². The van der Waals surface area contributed by atoms with Crippen LogP contribution >= 0.6 is 27.5 Å². The van der Waals surface area contributed by atoms with Crippen LogP contribution in [0.2, 0.25) is 5.02 Å². The van der Waals surface area contributed by atoms with Gasteiger partial charge in [-0.15, -0.1) is 0 Å². The van der Waals surface area contributed by atoms with Crippen molar-refractivity contribution in [3.05, 3.63) is 33.3 Å². The summed E-state index contributed by atoms with van der Waals surface area (Å²) in [5, 5.41) is 4.10. The molecule has 1 aromatic carbocycles. The Bertz CT molecular complexity index is 355. The summed E-state index contributed by atoms with van der Waals surface area (Å²) in [5.74, 6) is 0. The Hall–Kier alpha value is -0.0900. The van der Waals surface area contributed by atoms with E-state index in [1.54, 1.807) is 7.11 Å². The molecule has 0 amide bonds. The zero-order chi connectivity index (χ0) is 12.8. The second kappa shape index (κ2) is 7.37. The van der Waals surface area contributed by atoms with Crippen LogP contribution in [0.1, 0.15) is 18.9 Å². The van der Waals surface area contributed by atoms with E-state index in [-0.39, 0.29) is 12.1 Å². The molecule has 0 saturated carbocycles. The smallest absolute Gasteiger partial charge is 0.0724 e. The molecule has 0 aliphatic carbocycles. The second-order valence-corrected chi connectivity index (χ2v) is 5.34. The average molecular weight is 321 g/mol. The molecule has 0 aromatic heterocycles. The molecule has 17 heavy (non-hydrogen) atoms. The van der Waals surface area contributed by atoms with Crippen LogP contribution in [-0.4, -0.2) is 26.3 Å². The zero-order valence-electron chi connectivity index (χ0n) is 10.5. The molecule has 0 saturated heterocycles. The van der Waals surface area contributed by atoms with Crippen LogP contribution in [0, 0.1) is 0 Å². The highest BCUT2D eigenvalue weighted by Crippen LogP contribution is 2.23. The monoisotopic (exact) mass is 319 g/mol. The predicted molar refractivity (Wildman–Crippen MR) is 76.8 cm³/mol. The van der Waals surface area contributed by atoms with Crippen molar-refractivity contribution in [2.45, 2.75) is 31.9 Å². The fourth-order valence-corrected chi connectivity index (χ4v) is 2.71. The van der Waals surface area contributed by atoms with E-state index in [1.807, 2.05) is 19.2 Å². The molecule has 0 aliphatic heterocycles. The molecule has 0 aliphatic rings. The number of nitrogens with one attached hydrogen (secondary N) is 1. The number of halogens is 2. The summed E-state index contributed by atoms with van der Waals surface area (Å²) >= 11 is 9.63. The van der Waals surface area contributed by atoms with Gasteiger partial charge in [-0.25, -0.2) is 0 Å². The topological polar surface area (TPSA) is 21.3 Å². The van der Waals surface area contributed by atoms with Crippen molar-refractivity contribution >= 4 is 27.5 Å². The molecular weight excluding hydrogens is 302 g/mol. The Balaban J connectivity index is 2.80. The van der Waals surface area contributed by atoms with E-state index in [9.17, 15) is 0 Å². The lowest BCUT2D eigenvalue weighted by atomic mass is 10.00. The molecule has 0 radical (unpaired) electrons. The van der Waals surface area contributed by atoms with Gasteiger partial charge in [0.2, 0.25) is 0 Å². The van der Waals surface area contributed by atoms with Gasteiger partial charge in [-0.2, -0.15) is 0 Å². The summed E-state index contributed by atoms with van der Waals surface area (Å²) in [7, 11) is 3.71. The van der Waals surface area contributed by atoms with Gasteiger partial charge in [-0.1, -0.05) is 40.5 Å². The van der Waals surface area contributed by atoms with Gasteiger partial charge in [0, 0.05) is 22.6 Å². The summed E-state index contributed by atoms with van der Waals surface area (Å²) in [6.07, 6.45) is 2.06. The summed E-state index contributed by atoms with van der Waals surface area (Å²) in [6.45, 7) is 2.13. The highest BCUT2D eigenvalue weighted by atomic mass is 79.9. The quantitative estimate of drug-likeness (QED) is 0.864. The predicted octanol–water partition coefficient (Wildman–Crippen LogP) is 3.66. The third-order valence-corrected chi connectivity index (χ3v) is 3.82. The SMILES string of the molecule is CCC(OC)C(Cc1ccc(Br)cc1Cl)NC. The maximum absolute atomic E-state index is 6.22. The van der Waals surface area contributed by atoms with E-state index in [2.05, 4.69) is 34.2 Å². The van der Waals surface area contributed by atoms with Gasteiger partial charge >= 0.3 is 0 Å². The molecular formula is C13H19BrClNO. The minimum atomic E-state index is 0.208. The van der Waals surface area contributed by atoms with E-state index in [0.29, 0.717) is 0 Å². The minimum Gasteiger partial charge on any atom is -0.380 e. The Kier molecular flexibility index (Phi) is 6.49. The molecule has 1 rings (SSSR count). The average Bonchev–Trinajstić information content (AvgIpc) is 2.32. The van der Waals surface area contributed by atoms with Crippen molar-refractivity contribution in [1.29, 1.82) is 0 Å². The molecule has 96 valence electrons. The summed E-state index contributed by atoms with van der Waals surface area (Å²) in [5.41, 5.74) is 1.14. The number of benzene rings is 1. The fraction of sp³-hybridized carbons (Fsp3) is 0.538. The summed E-state index contributed by atoms with van der Waals surface area (Å²) < 4.78 is 6.48. The molecule has 0 heterocycles. The number of hydrogen-bond donors (Lipinski definition) is 1. The standard InChI is InChI=1S/C13H19BrClNO/c1-4-13(17-3)12(16-2)7-9-5-6-10(14)8-11(9)15/h5-6,8,12-13,16H,4,7H2,1-3H3. The van der Waals surface area contributed by atoms with Gasteiger partial charge < -0.3 is 10.1 Å². The van der Waals surface area contributed by atoms with Gasteiger partial charge in [0.05, 0.1) is 6.10 Å². The highest BCUT2D eigenvalue weighted by Gasteiger charge is 2.19. The van der Waals surface area contributed by atoms with Crippen LogP contribution in [0.4, 0.5) is 0 Å². The van der Waals surface area contributed by atoms with E-state index >= 15 is 0 Å². The Morgan fingerprint density at radius 3 is 2.65 bits per heavy atom. The Morgan fingerprint density at radius 2 is 2.18 bits per heavy atom. The second-order valence-electron chi connectivity index (χ2n) is 4.02. The molecule has 1 aromatic rings. The fourth-order valence-electron chi connectivity index (χ4n) is 1.96. The largest absolute Gasteiger partial charge is 0.380 e. The normalized spacial score (nSPS) is 14.6. The number of ether oxygens (including phenoxy) is 1. The number of hydrogen-bond acceptors (Lipinski definition) is 2. The van der Waals surface area contributed by atoms with Crippen molar-refractivity contribution < 1.29 is 4.74 Å². The minimum absolute atomic E-state index is 0.208. The van der Waals surface area contributed by atoms with Crippen molar-refractivity contribution in [3.63, 3.8) is 0 Å². The summed E-state index contributed by atoms with van der Waals surface area (Å²) in [6, 6.07) is 6.28. The van der Waals surface area contributed by atoms with Crippen LogP contribution < -0.4 is 5.32 Å². The lowest BCUT2D eigenvalue weighted by Gasteiger charge is -2.25. The zero-order valence-corrected chi connectivity index (χ0v) is 12.8. The molecule has 1 N–H and O–H groups in total. The third-order valence-electron chi connectivity index (χ3n) is 2.98. The first-order valence-electron chi connectivity index (χ1n) is 5.76. The van der Waals surface area contributed by atoms with Gasteiger partial charge in [-0.05, 0) is 37.6 Å². The molecule has 4 heteroatoms. The van der Waals surface area contributed by atoms with Gasteiger partial charge in [0.25, 0.3) is 0 Å². The molecule has 0 spiro atoms.